The van der Waals surface area contributed by atoms with E-state index in [2.05, 4.69) is 17.2 Å². The van der Waals surface area contributed by atoms with Gasteiger partial charge in [-0.2, -0.15) is 0 Å². The number of aromatic carboxylic acids is 3. The average Bonchev–Trinajstić information content (AvgIpc) is 3.37. The second kappa shape index (κ2) is 17.9. The van der Waals surface area contributed by atoms with Crippen molar-refractivity contribution in [1.82, 2.24) is 10.3 Å². The van der Waals surface area contributed by atoms with E-state index in [1.165, 1.54) is 23.4 Å². The van der Waals surface area contributed by atoms with E-state index in [1.807, 2.05) is 0 Å². The zero-order chi connectivity index (χ0) is 30.0. The van der Waals surface area contributed by atoms with E-state index in [0.717, 1.165) is 24.5 Å². The van der Waals surface area contributed by atoms with Gasteiger partial charge in [0.15, 0.2) is 5.13 Å². The molecule has 1 heterocycles. The molecule has 1 atom stereocenters. The third-order valence-electron chi connectivity index (χ3n) is 5.70. The lowest BCUT2D eigenvalue weighted by atomic mass is 9.98. The van der Waals surface area contributed by atoms with Gasteiger partial charge in [-0.1, -0.05) is 61.5 Å². The van der Waals surface area contributed by atoms with Crippen LogP contribution >= 0.6 is 11.3 Å². The van der Waals surface area contributed by atoms with Crippen molar-refractivity contribution in [2.24, 2.45) is 0 Å². The number of hydrogen-bond acceptors (Lipinski definition) is 7. The van der Waals surface area contributed by atoms with Crippen LogP contribution < -0.4 is 11.1 Å². The Bertz CT molecular complexity index is 1230. The molecule has 1 aromatic heterocycles. The van der Waals surface area contributed by atoms with E-state index in [1.54, 1.807) is 102 Å². The van der Waals surface area contributed by atoms with Crippen molar-refractivity contribution < 1.29 is 29.7 Å². The number of thiazole rings is 1. The highest BCUT2D eigenvalue weighted by molar-refractivity contribution is 7.15. The minimum absolute atomic E-state index is 0.331. The van der Waals surface area contributed by atoms with E-state index in [9.17, 15) is 14.4 Å². The number of fused-ring (bicyclic) bond motifs is 1. The first-order valence-electron chi connectivity index (χ1n) is 13.0. The number of aromatic nitrogens is 1. The minimum Gasteiger partial charge on any atom is -0.478 e. The number of carboxylic acid groups (broad SMARTS) is 3. The number of rotatable bonds is 6. The maximum absolute atomic E-state index is 10.2. The highest BCUT2D eigenvalue weighted by Gasteiger charge is 2.21. The van der Waals surface area contributed by atoms with Crippen molar-refractivity contribution in [2.45, 2.75) is 38.6 Å². The Hall–Kier alpha value is -4.54. The first-order chi connectivity index (χ1) is 19.7. The van der Waals surface area contributed by atoms with Crippen molar-refractivity contribution in [3.05, 3.63) is 118 Å². The molecule has 10 heteroatoms. The van der Waals surface area contributed by atoms with Crippen LogP contribution in [0.1, 0.15) is 61.4 Å². The summed E-state index contributed by atoms with van der Waals surface area (Å²) in [6.07, 6.45) is 4.61. The molecular formula is C31H35N3O6S. The highest BCUT2D eigenvalue weighted by atomic mass is 32.1. The van der Waals surface area contributed by atoms with Crippen LogP contribution in [0, 0.1) is 0 Å². The Labute approximate surface area is 243 Å². The molecule has 1 aliphatic rings. The van der Waals surface area contributed by atoms with E-state index < -0.39 is 17.9 Å². The second-order valence-electron chi connectivity index (χ2n) is 8.83. The first kappa shape index (κ1) is 32.7. The van der Waals surface area contributed by atoms with Crippen LogP contribution in [0.4, 0.5) is 5.13 Å². The molecular weight excluding hydrogens is 542 g/mol. The standard InChI is InChI=1S/C10H17N3S.3C7H6O2/c1-2-5-12-7-3-4-8-9(6-7)14-10(11)13-8;3*8-7(9)6-4-2-1-3-5-6/h7,12H,2-6H2,1H3,(H2,11,13);3*1-5H,(H,8,9)/t7-;;;/m0.../s1. The third kappa shape index (κ3) is 12.5. The molecule has 0 spiro atoms. The first-order valence-corrected chi connectivity index (χ1v) is 13.8. The van der Waals surface area contributed by atoms with Crippen LogP contribution in [0.5, 0.6) is 0 Å². The predicted molar refractivity (Wildman–Crippen MR) is 161 cm³/mol. The number of nitrogens with one attached hydrogen (secondary N) is 1. The fraction of sp³-hybridized carbons (Fsp3) is 0.226. The van der Waals surface area contributed by atoms with Crippen molar-refractivity contribution in [2.75, 3.05) is 12.3 Å². The monoisotopic (exact) mass is 577 g/mol. The number of aryl methyl sites for hydroxylation is 1. The van der Waals surface area contributed by atoms with Crippen molar-refractivity contribution in [3.63, 3.8) is 0 Å². The Morgan fingerprint density at radius 2 is 1.22 bits per heavy atom. The van der Waals surface area contributed by atoms with Crippen LogP contribution in [0.3, 0.4) is 0 Å². The number of anilines is 1. The number of nitrogens with two attached hydrogens (primary N) is 1. The molecule has 4 aromatic rings. The molecule has 3 aromatic carbocycles. The number of benzene rings is 3. The lowest BCUT2D eigenvalue weighted by Gasteiger charge is -2.21. The Morgan fingerprint density at radius 1 is 0.805 bits per heavy atom. The van der Waals surface area contributed by atoms with Gasteiger partial charge in [0.25, 0.3) is 0 Å². The van der Waals surface area contributed by atoms with Gasteiger partial charge in [0.1, 0.15) is 0 Å². The van der Waals surface area contributed by atoms with Crippen LogP contribution in [-0.4, -0.2) is 50.8 Å². The largest absolute Gasteiger partial charge is 0.478 e. The fourth-order valence-corrected chi connectivity index (χ4v) is 4.62. The molecule has 0 amide bonds. The normalized spacial score (nSPS) is 13.0. The Kier molecular flexibility index (Phi) is 14.3. The van der Waals surface area contributed by atoms with Crippen LogP contribution in [0.2, 0.25) is 0 Å². The van der Waals surface area contributed by atoms with Crippen molar-refractivity contribution >= 4 is 34.4 Å². The van der Waals surface area contributed by atoms with E-state index >= 15 is 0 Å². The van der Waals surface area contributed by atoms with Crippen LogP contribution in [-0.2, 0) is 12.8 Å². The minimum atomic E-state index is -0.879. The third-order valence-corrected chi connectivity index (χ3v) is 6.65. The summed E-state index contributed by atoms with van der Waals surface area (Å²) in [5.74, 6) is -2.64. The van der Waals surface area contributed by atoms with E-state index in [0.29, 0.717) is 22.7 Å². The van der Waals surface area contributed by atoms with Gasteiger partial charge in [-0.05, 0) is 68.6 Å². The fourth-order valence-electron chi connectivity index (χ4n) is 3.66. The summed E-state index contributed by atoms with van der Waals surface area (Å²) in [6.45, 7) is 3.32. The zero-order valence-electron chi connectivity index (χ0n) is 22.8. The molecule has 1 aliphatic carbocycles. The van der Waals surface area contributed by atoms with Gasteiger partial charge in [-0.15, -0.1) is 11.3 Å². The van der Waals surface area contributed by atoms with Crippen LogP contribution in [0.25, 0.3) is 0 Å². The van der Waals surface area contributed by atoms with Gasteiger partial charge in [0.05, 0.1) is 22.4 Å². The zero-order valence-corrected chi connectivity index (χ0v) is 23.6. The lowest BCUT2D eigenvalue weighted by Crippen LogP contribution is -2.34. The molecule has 6 N–H and O–H groups in total. The molecule has 0 aliphatic heterocycles. The molecule has 0 fully saturated rings. The van der Waals surface area contributed by atoms with E-state index in [-0.39, 0.29) is 0 Å². The summed E-state index contributed by atoms with van der Waals surface area (Å²) in [5.41, 5.74) is 7.92. The van der Waals surface area contributed by atoms with Crippen molar-refractivity contribution in [1.29, 1.82) is 0 Å². The van der Waals surface area contributed by atoms with E-state index in [4.69, 9.17) is 21.1 Å². The summed E-state index contributed by atoms with van der Waals surface area (Å²) < 4.78 is 0. The summed E-state index contributed by atoms with van der Waals surface area (Å²) in [7, 11) is 0. The summed E-state index contributed by atoms with van der Waals surface area (Å²) in [6, 6.07) is 25.5. The summed E-state index contributed by atoms with van der Waals surface area (Å²) in [4.78, 5) is 36.3. The topological polar surface area (TPSA) is 163 Å². The predicted octanol–water partition coefficient (Wildman–Crippen LogP) is 5.74. The van der Waals surface area contributed by atoms with Crippen molar-refractivity contribution in [3.8, 4) is 0 Å². The average molecular weight is 578 g/mol. The second-order valence-corrected chi connectivity index (χ2v) is 9.94. The van der Waals surface area contributed by atoms with Gasteiger partial charge < -0.3 is 26.4 Å². The van der Waals surface area contributed by atoms with Crippen LogP contribution in [0.15, 0.2) is 91.0 Å². The molecule has 5 rings (SSSR count). The maximum atomic E-state index is 10.2. The molecule has 216 valence electrons. The summed E-state index contributed by atoms with van der Waals surface area (Å²) >= 11 is 1.65. The SMILES string of the molecule is CCCN[C@H]1CCc2nc(N)sc2C1.O=C(O)c1ccccc1.O=C(O)c1ccccc1.O=C(O)c1ccccc1. The smallest absolute Gasteiger partial charge is 0.335 e. The van der Waals surface area contributed by atoms with Gasteiger partial charge in [-0.25, -0.2) is 19.4 Å². The molecule has 0 saturated carbocycles. The quantitative estimate of drug-likeness (QED) is 0.192. The molecule has 0 bridgehead atoms. The lowest BCUT2D eigenvalue weighted by molar-refractivity contribution is 0.0686. The molecule has 0 saturated heterocycles. The summed E-state index contributed by atoms with van der Waals surface area (Å²) in [5, 5.41) is 29.4. The maximum Gasteiger partial charge on any atom is 0.335 e. The number of carboxylic acids is 3. The Morgan fingerprint density at radius 3 is 1.56 bits per heavy atom. The van der Waals surface area contributed by atoms with Gasteiger partial charge in [-0.3, -0.25) is 0 Å². The van der Waals surface area contributed by atoms with Gasteiger partial charge in [0, 0.05) is 10.9 Å². The molecule has 9 nitrogen and oxygen atoms in total. The van der Waals surface area contributed by atoms with Gasteiger partial charge in [0.2, 0.25) is 0 Å². The number of nitrogen functional groups attached to an aromatic ring is 1. The Balaban J connectivity index is 0.000000196. The molecule has 0 radical (unpaired) electrons. The van der Waals surface area contributed by atoms with Gasteiger partial charge >= 0.3 is 17.9 Å². The molecule has 0 unspecified atom stereocenters. The number of hydrogen-bond donors (Lipinski definition) is 5. The number of carbonyl (C=O) groups is 3. The highest BCUT2D eigenvalue weighted by Crippen LogP contribution is 2.28. The molecule has 41 heavy (non-hydrogen) atoms. The number of nitrogens with zero attached hydrogens (tertiary/aromatic N) is 1.